The van der Waals surface area contributed by atoms with Crippen LogP contribution in [0, 0.1) is 0 Å². The number of carbonyl (C=O) groups is 1. The molecule has 2 heterocycles. The maximum absolute atomic E-state index is 11.0. The number of hydrogen-bond acceptors (Lipinski definition) is 4. The standard InChI is InChI=1S/C11H7BrN2O2S/c12-8-6-13-5-3-9(8)17-10-7(11(15)16)2-1-4-14-10/h1-6H,(H,15,16). The second-order valence-electron chi connectivity index (χ2n) is 3.07. The number of rotatable bonds is 3. The summed E-state index contributed by atoms with van der Waals surface area (Å²) in [4.78, 5) is 19.9. The minimum atomic E-state index is -0.981. The zero-order valence-corrected chi connectivity index (χ0v) is 10.9. The lowest BCUT2D eigenvalue weighted by Gasteiger charge is -2.05. The molecule has 1 N–H and O–H groups in total. The van der Waals surface area contributed by atoms with Gasteiger partial charge in [0.15, 0.2) is 0 Å². The fraction of sp³-hybridized carbons (Fsp3) is 0. The zero-order valence-electron chi connectivity index (χ0n) is 8.50. The third kappa shape index (κ3) is 2.83. The smallest absolute Gasteiger partial charge is 0.338 e. The van der Waals surface area contributed by atoms with E-state index < -0.39 is 5.97 Å². The van der Waals surface area contributed by atoms with Gasteiger partial charge in [-0.15, -0.1) is 0 Å². The zero-order chi connectivity index (χ0) is 12.3. The Morgan fingerprint density at radius 1 is 1.35 bits per heavy atom. The van der Waals surface area contributed by atoms with E-state index in [1.54, 1.807) is 30.7 Å². The fourth-order valence-corrected chi connectivity index (χ4v) is 2.54. The third-order valence-electron chi connectivity index (χ3n) is 1.94. The van der Waals surface area contributed by atoms with Crippen molar-refractivity contribution in [3.8, 4) is 0 Å². The Balaban J connectivity index is 2.37. The molecule has 0 aliphatic heterocycles. The summed E-state index contributed by atoms with van der Waals surface area (Å²) in [6.45, 7) is 0. The molecule has 0 saturated carbocycles. The molecule has 0 spiro atoms. The first-order chi connectivity index (χ1) is 8.18. The number of pyridine rings is 2. The molecule has 6 heteroatoms. The number of halogens is 1. The maximum Gasteiger partial charge on any atom is 0.338 e. The summed E-state index contributed by atoms with van der Waals surface area (Å²) in [5.41, 5.74) is 0.196. The predicted octanol–water partition coefficient (Wildman–Crippen LogP) is 3.09. The summed E-state index contributed by atoms with van der Waals surface area (Å²) in [7, 11) is 0. The molecule has 0 radical (unpaired) electrons. The quantitative estimate of drug-likeness (QED) is 0.944. The first kappa shape index (κ1) is 12.1. The number of nitrogens with zero attached hydrogens (tertiary/aromatic N) is 2. The summed E-state index contributed by atoms with van der Waals surface area (Å²) in [6.07, 6.45) is 4.88. The van der Waals surface area contributed by atoms with Crippen molar-refractivity contribution in [3.05, 3.63) is 46.8 Å². The summed E-state index contributed by atoms with van der Waals surface area (Å²) in [5.74, 6) is -0.981. The van der Waals surface area contributed by atoms with Gasteiger partial charge in [0, 0.05) is 28.0 Å². The average Bonchev–Trinajstić information content (AvgIpc) is 2.32. The number of aromatic nitrogens is 2. The predicted molar refractivity (Wildman–Crippen MR) is 67.3 cm³/mol. The van der Waals surface area contributed by atoms with Crippen LogP contribution in [0.4, 0.5) is 0 Å². The van der Waals surface area contributed by atoms with Gasteiger partial charge >= 0.3 is 5.97 Å². The summed E-state index contributed by atoms with van der Waals surface area (Å²) < 4.78 is 0.812. The van der Waals surface area contributed by atoms with E-state index in [1.165, 1.54) is 17.8 Å². The number of carboxylic acids is 1. The van der Waals surface area contributed by atoms with Crippen LogP contribution in [0.15, 0.2) is 51.2 Å². The van der Waals surface area contributed by atoms with Crippen molar-refractivity contribution < 1.29 is 9.90 Å². The van der Waals surface area contributed by atoms with Crippen LogP contribution in [0.25, 0.3) is 0 Å². The largest absolute Gasteiger partial charge is 0.478 e. The Hall–Kier alpha value is -1.40. The van der Waals surface area contributed by atoms with E-state index in [1.807, 2.05) is 0 Å². The summed E-state index contributed by atoms with van der Waals surface area (Å²) in [6, 6.07) is 4.94. The molecule has 2 rings (SSSR count). The molecule has 0 saturated heterocycles. The lowest BCUT2D eigenvalue weighted by molar-refractivity contribution is 0.0692. The van der Waals surface area contributed by atoms with Crippen LogP contribution in [0.3, 0.4) is 0 Å². The van der Waals surface area contributed by atoms with Crippen molar-refractivity contribution in [2.45, 2.75) is 9.92 Å². The Bertz CT molecular complexity index is 563. The van der Waals surface area contributed by atoms with Crippen LogP contribution in [0.2, 0.25) is 0 Å². The highest BCUT2D eigenvalue weighted by atomic mass is 79.9. The van der Waals surface area contributed by atoms with Crippen molar-refractivity contribution in [2.75, 3.05) is 0 Å². The average molecular weight is 311 g/mol. The van der Waals surface area contributed by atoms with Crippen LogP contribution >= 0.6 is 27.7 Å². The highest BCUT2D eigenvalue weighted by Crippen LogP contribution is 2.33. The number of hydrogen-bond donors (Lipinski definition) is 1. The van der Waals surface area contributed by atoms with Crippen molar-refractivity contribution in [2.24, 2.45) is 0 Å². The van der Waals surface area contributed by atoms with Crippen molar-refractivity contribution in [1.29, 1.82) is 0 Å². The Kier molecular flexibility index (Phi) is 3.75. The lowest BCUT2D eigenvalue weighted by Crippen LogP contribution is -2.00. The molecule has 0 amide bonds. The van der Waals surface area contributed by atoms with Crippen LogP contribution in [0.1, 0.15) is 10.4 Å². The molecule has 86 valence electrons. The summed E-state index contributed by atoms with van der Waals surface area (Å²) >= 11 is 4.65. The number of aromatic carboxylic acids is 1. The maximum atomic E-state index is 11.0. The molecule has 2 aromatic heterocycles. The minimum absolute atomic E-state index is 0.196. The Morgan fingerprint density at radius 3 is 2.88 bits per heavy atom. The van der Waals surface area contributed by atoms with Gasteiger partial charge in [0.1, 0.15) is 5.03 Å². The molecular weight excluding hydrogens is 304 g/mol. The van der Waals surface area contributed by atoms with Gasteiger partial charge in [-0.3, -0.25) is 4.98 Å². The van der Waals surface area contributed by atoms with E-state index in [2.05, 4.69) is 25.9 Å². The Labute approximate surface area is 110 Å². The number of carboxylic acid groups (broad SMARTS) is 1. The van der Waals surface area contributed by atoms with Crippen molar-refractivity contribution in [3.63, 3.8) is 0 Å². The Morgan fingerprint density at radius 2 is 2.18 bits per heavy atom. The van der Waals surface area contributed by atoms with E-state index in [0.717, 1.165) is 9.37 Å². The van der Waals surface area contributed by atoms with Crippen LogP contribution in [0.5, 0.6) is 0 Å². The molecule has 0 atom stereocenters. The second kappa shape index (κ2) is 5.29. The van der Waals surface area contributed by atoms with Gasteiger partial charge in [-0.25, -0.2) is 9.78 Å². The third-order valence-corrected chi connectivity index (χ3v) is 3.93. The highest BCUT2D eigenvalue weighted by molar-refractivity contribution is 9.10. The van der Waals surface area contributed by atoms with Gasteiger partial charge in [-0.05, 0) is 34.1 Å². The first-order valence-corrected chi connectivity index (χ1v) is 6.25. The van der Waals surface area contributed by atoms with Gasteiger partial charge in [-0.2, -0.15) is 0 Å². The van der Waals surface area contributed by atoms with Gasteiger partial charge < -0.3 is 5.11 Å². The molecular formula is C11H7BrN2O2S. The van der Waals surface area contributed by atoms with E-state index >= 15 is 0 Å². The van der Waals surface area contributed by atoms with Gasteiger partial charge in [0.05, 0.1) is 5.56 Å². The SMILES string of the molecule is O=C(O)c1cccnc1Sc1ccncc1Br. The van der Waals surface area contributed by atoms with E-state index in [-0.39, 0.29) is 5.56 Å². The summed E-state index contributed by atoms with van der Waals surface area (Å²) in [5, 5.41) is 9.50. The molecule has 2 aromatic rings. The van der Waals surface area contributed by atoms with Crippen LogP contribution < -0.4 is 0 Å². The van der Waals surface area contributed by atoms with Crippen LogP contribution in [-0.2, 0) is 0 Å². The monoisotopic (exact) mass is 310 g/mol. The molecule has 0 fully saturated rings. The molecule has 0 aliphatic rings. The molecule has 0 bridgehead atoms. The normalized spacial score (nSPS) is 10.2. The van der Waals surface area contributed by atoms with E-state index in [4.69, 9.17) is 5.11 Å². The minimum Gasteiger partial charge on any atom is -0.478 e. The lowest BCUT2D eigenvalue weighted by atomic mass is 10.3. The second-order valence-corrected chi connectivity index (χ2v) is 4.95. The van der Waals surface area contributed by atoms with Crippen molar-refractivity contribution in [1.82, 2.24) is 9.97 Å². The molecule has 0 aromatic carbocycles. The highest BCUT2D eigenvalue weighted by Gasteiger charge is 2.12. The molecule has 0 aliphatic carbocycles. The molecule has 0 unspecified atom stereocenters. The fourth-order valence-electron chi connectivity index (χ4n) is 1.18. The van der Waals surface area contributed by atoms with Crippen LogP contribution in [-0.4, -0.2) is 21.0 Å². The van der Waals surface area contributed by atoms with E-state index in [0.29, 0.717) is 5.03 Å². The van der Waals surface area contributed by atoms with Gasteiger partial charge in [0.25, 0.3) is 0 Å². The first-order valence-electron chi connectivity index (χ1n) is 4.64. The molecule has 17 heavy (non-hydrogen) atoms. The van der Waals surface area contributed by atoms with Gasteiger partial charge in [0.2, 0.25) is 0 Å². The van der Waals surface area contributed by atoms with Crippen molar-refractivity contribution >= 4 is 33.7 Å². The molecule has 4 nitrogen and oxygen atoms in total. The topological polar surface area (TPSA) is 63.1 Å². The van der Waals surface area contributed by atoms with E-state index in [9.17, 15) is 4.79 Å². The van der Waals surface area contributed by atoms with Gasteiger partial charge in [-0.1, -0.05) is 11.8 Å².